The van der Waals surface area contributed by atoms with Gasteiger partial charge in [0.1, 0.15) is 0 Å². The first-order valence-electron chi connectivity index (χ1n) is 5.00. The summed E-state index contributed by atoms with van der Waals surface area (Å²) in [7, 11) is 0. The van der Waals surface area contributed by atoms with Crippen molar-refractivity contribution in [1.29, 1.82) is 0 Å². The molecular weight excluding hydrogens is 180 g/mol. The molecule has 0 fully saturated rings. The molecule has 2 nitrogen and oxygen atoms in total. The average molecular weight is 198 g/mol. The van der Waals surface area contributed by atoms with E-state index in [9.17, 15) is 0 Å². The van der Waals surface area contributed by atoms with Crippen LogP contribution in [0.3, 0.4) is 0 Å². The van der Waals surface area contributed by atoms with Crippen molar-refractivity contribution in [3.63, 3.8) is 0 Å². The van der Waals surface area contributed by atoms with E-state index < -0.39 is 0 Å². The van der Waals surface area contributed by atoms with Crippen molar-refractivity contribution in [1.82, 2.24) is 10.3 Å². The van der Waals surface area contributed by atoms with Gasteiger partial charge in [-0.05, 0) is 25.8 Å². The van der Waals surface area contributed by atoms with Crippen molar-refractivity contribution in [2.45, 2.75) is 39.7 Å². The van der Waals surface area contributed by atoms with Gasteiger partial charge in [0.15, 0.2) is 0 Å². The van der Waals surface area contributed by atoms with Crippen LogP contribution in [0.2, 0.25) is 0 Å². The zero-order valence-corrected chi connectivity index (χ0v) is 9.28. The topological polar surface area (TPSA) is 24.9 Å². The molecule has 1 heterocycles. The fraction of sp³-hybridized carbons (Fsp3) is 0.700. The maximum Gasteiger partial charge on any atom is 0.0928 e. The molecule has 1 aromatic rings. The maximum absolute atomic E-state index is 4.53. The summed E-state index contributed by atoms with van der Waals surface area (Å²) in [6, 6.07) is 0. The number of hydrogen-bond donors (Lipinski definition) is 1. The zero-order valence-electron chi connectivity index (χ0n) is 8.47. The molecule has 0 saturated carbocycles. The van der Waals surface area contributed by atoms with Crippen molar-refractivity contribution < 1.29 is 0 Å². The van der Waals surface area contributed by atoms with Gasteiger partial charge in [-0.2, -0.15) is 0 Å². The highest BCUT2D eigenvalue weighted by Crippen LogP contribution is 2.11. The molecule has 0 atom stereocenters. The lowest BCUT2D eigenvalue weighted by Gasteiger charge is -1.97. The molecule has 0 aliphatic rings. The second kappa shape index (κ2) is 6.11. The maximum atomic E-state index is 4.53. The summed E-state index contributed by atoms with van der Waals surface area (Å²) in [6.45, 7) is 6.38. The first kappa shape index (κ1) is 10.7. The molecule has 1 N–H and O–H groups in total. The van der Waals surface area contributed by atoms with Gasteiger partial charge in [0.05, 0.1) is 10.7 Å². The molecular formula is C10H18N2S. The highest BCUT2D eigenvalue weighted by atomic mass is 32.1. The summed E-state index contributed by atoms with van der Waals surface area (Å²) >= 11 is 1.78. The number of aryl methyl sites for hydroxylation is 1. The van der Waals surface area contributed by atoms with E-state index in [-0.39, 0.29) is 0 Å². The molecule has 13 heavy (non-hydrogen) atoms. The Morgan fingerprint density at radius 3 is 2.92 bits per heavy atom. The second-order valence-corrected chi connectivity index (χ2v) is 4.10. The molecule has 0 amide bonds. The zero-order chi connectivity index (χ0) is 9.52. The number of thiazole rings is 1. The van der Waals surface area contributed by atoms with Crippen LogP contribution in [0.1, 0.15) is 37.4 Å². The van der Waals surface area contributed by atoms with Crippen LogP contribution in [-0.2, 0) is 13.0 Å². The van der Waals surface area contributed by atoms with Gasteiger partial charge in [-0.1, -0.05) is 13.8 Å². The SMILES string of the molecule is CCCNCc1csc(CCC)n1. The van der Waals surface area contributed by atoms with E-state index >= 15 is 0 Å². The summed E-state index contributed by atoms with van der Waals surface area (Å²) in [6.07, 6.45) is 3.50. The molecule has 1 rings (SSSR count). The van der Waals surface area contributed by atoms with Crippen LogP contribution in [0.25, 0.3) is 0 Å². The van der Waals surface area contributed by atoms with E-state index in [4.69, 9.17) is 0 Å². The molecule has 74 valence electrons. The number of hydrogen-bond acceptors (Lipinski definition) is 3. The monoisotopic (exact) mass is 198 g/mol. The van der Waals surface area contributed by atoms with Crippen molar-refractivity contribution >= 4 is 11.3 Å². The van der Waals surface area contributed by atoms with Crippen molar-refractivity contribution in [3.05, 3.63) is 16.1 Å². The summed E-state index contributed by atoms with van der Waals surface area (Å²) < 4.78 is 0. The Labute approximate surface area is 84.4 Å². The first-order valence-corrected chi connectivity index (χ1v) is 5.88. The summed E-state index contributed by atoms with van der Waals surface area (Å²) in [5, 5.41) is 6.79. The van der Waals surface area contributed by atoms with Gasteiger partial charge in [-0.3, -0.25) is 0 Å². The average Bonchev–Trinajstić information content (AvgIpc) is 2.54. The van der Waals surface area contributed by atoms with Gasteiger partial charge >= 0.3 is 0 Å². The number of aromatic nitrogens is 1. The third-order valence-corrected chi connectivity index (χ3v) is 2.75. The minimum atomic E-state index is 0.925. The second-order valence-electron chi connectivity index (χ2n) is 3.16. The molecule has 0 bridgehead atoms. The van der Waals surface area contributed by atoms with Gasteiger partial charge in [-0.15, -0.1) is 11.3 Å². The van der Waals surface area contributed by atoms with E-state index in [2.05, 4.69) is 29.5 Å². The summed E-state index contributed by atoms with van der Waals surface area (Å²) in [5.41, 5.74) is 1.20. The largest absolute Gasteiger partial charge is 0.311 e. The third-order valence-electron chi connectivity index (χ3n) is 1.80. The Balaban J connectivity index is 2.31. The number of nitrogens with zero attached hydrogens (tertiary/aromatic N) is 1. The Morgan fingerprint density at radius 1 is 1.38 bits per heavy atom. The molecule has 1 aromatic heterocycles. The minimum Gasteiger partial charge on any atom is -0.311 e. The van der Waals surface area contributed by atoms with Gasteiger partial charge < -0.3 is 5.32 Å². The number of nitrogens with one attached hydrogen (secondary N) is 1. The van der Waals surface area contributed by atoms with E-state index in [0.29, 0.717) is 0 Å². The molecule has 0 saturated heterocycles. The van der Waals surface area contributed by atoms with Gasteiger partial charge in [0.2, 0.25) is 0 Å². The molecule has 0 spiro atoms. The van der Waals surface area contributed by atoms with Crippen molar-refractivity contribution in [2.75, 3.05) is 6.54 Å². The van der Waals surface area contributed by atoms with Gasteiger partial charge in [0.25, 0.3) is 0 Å². The third kappa shape index (κ3) is 3.87. The highest BCUT2D eigenvalue weighted by molar-refractivity contribution is 7.09. The molecule has 0 radical (unpaired) electrons. The van der Waals surface area contributed by atoms with Crippen LogP contribution in [-0.4, -0.2) is 11.5 Å². The van der Waals surface area contributed by atoms with Gasteiger partial charge in [-0.25, -0.2) is 4.98 Å². The Bertz CT molecular complexity index is 233. The molecule has 0 unspecified atom stereocenters. The van der Waals surface area contributed by atoms with E-state index in [1.54, 1.807) is 11.3 Å². The first-order chi connectivity index (χ1) is 6.36. The fourth-order valence-corrected chi connectivity index (χ4v) is 2.05. The van der Waals surface area contributed by atoms with Gasteiger partial charge in [0, 0.05) is 11.9 Å². The fourth-order valence-electron chi connectivity index (χ4n) is 1.15. The quantitative estimate of drug-likeness (QED) is 0.711. The standard InChI is InChI=1S/C10H18N2S/c1-3-5-10-12-9(8-13-10)7-11-6-4-2/h8,11H,3-7H2,1-2H3. The van der Waals surface area contributed by atoms with E-state index in [0.717, 1.165) is 19.5 Å². The van der Waals surface area contributed by atoms with Crippen LogP contribution < -0.4 is 5.32 Å². The van der Waals surface area contributed by atoms with E-state index in [1.807, 2.05) is 0 Å². The van der Waals surface area contributed by atoms with E-state index in [1.165, 1.54) is 23.5 Å². The van der Waals surface area contributed by atoms with Crippen LogP contribution >= 0.6 is 11.3 Å². The Kier molecular flexibility index (Phi) is 5.01. The van der Waals surface area contributed by atoms with Crippen LogP contribution in [0.5, 0.6) is 0 Å². The molecule has 0 aliphatic carbocycles. The predicted molar refractivity (Wildman–Crippen MR) is 58.1 cm³/mol. The molecule has 0 aliphatic heterocycles. The Hall–Kier alpha value is -0.410. The predicted octanol–water partition coefficient (Wildman–Crippen LogP) is 2.60. The normalized spacial score (nSPS) is 10.6. The van der Waals surface area contributed by atoms with Crippen LogP contribution in [0.15, 0.2) is 5.38 Å². The van der Waals surface area contributed by atoms with Crippen LogP contribution in [0.4, 0.5) is 0 Å². The van der Waals surface area contributed by atoms with Crippen molar-refractivity contribution in [2.24, 2.45) is 0 Å². The summed E-state index contributed by atoms with van der Waals surface area (Å²) in [4.78, 5) is 4.53. The number of rotatable bonds is 6. The lowest BCUT2D eigenvalue weighted by molar-refractivity contribution is 0.665. The van der Waals surface area contributed by atoms with Crippen LogP contribution in [0, 0.1) is 0 Å². The lowest BCUT2D eigenvalue weighted by atomic mass is 10.3. The molecule has 3 heteroatoms. The smallest absolute Gasteiger partial charge is 0.0928 e. The highest BCUT2D eigenvalue weighted by Gasteiger charge is 1.99. The molecule has 0 aromatic carbocycles. The summed E-state index contributed by atoms with van der Waals surface area (Å²) in [5.74, 6) is 0. The minimum absolute atomic E-state index is 0.925. The lowest BCUT2D eigenvalue weighted by Crippen LogP contribution is -2.13. The Morgan fingerprint density at radius 2 is 2.23 bits per heavy atom. The van der Waals surface area contributed by atoms with Crippen molar-refractivity contribution in [3.8, 4) is 0 Å².